The Kier molecular flexibility index (Phi) is 5.87. The zero-order chi connectivity index (χ0) is 15.1. The maximum atomic E-state index is 12.0. The molecule has 2 rings (SSSR count). The van der Waals surface area contributed by atoms with E-state index in [2.05, 4.69) is 12.2 Å². The lowest BCUT2D eigenvalue weighted by Gasteiger charge is -2.17. The summed E-state index contributed by atoms with van der Waals surface area (Å²) in [6, 6.07) is 5.80. The SMILES string of the molecule is CCNCc1ccc(OC)c(OCC(=O)N2CCCC2)c1. The van der Waals surface area contributed by atoms with Crippen LogP contribution < -0.4 is 14.8 Å². The minimum atomic E-state index is 0.0478. The van der Waals surface area contributed by atoms with Gasteiger partial charge in [-0.3, -0.25) is 4.79 Å². The number of benzene rings is 1. The summed E-state index contributed by atoms with van der Waals surface area (Å²) in [5.41, 5.74) is 1.11. The van der Waals surface area contributed by atoms with Crippen LogP contribution in [0.25, 0.3) is 0 Å². The molecule has 116 valence electrons. The molecular formula is C16H24N2O3. The second kappa shape index (κ2) is 7.88. The van der Waals surface area contributed by atoms with Gasteiger partial charge in [0.1, 0.15) is 0 Å². The number of carbonyl (C=O) groups excluding carboxylic acids is 1. The van der Waals surface area contributed by atoms with Gasteiger partial charge in [0.25, 0.3) is 5.91 Å². The fraction of sp³-hybridized carbons (Fsp3) is 0.562. The first-order valence-corrected chi connectivity index (χ1v) is 7.52. The molecule has 0 aromatic heterocycles. The number of methoxy groups -OCH3 is 1. The standard InChI is InChI=1S/C16H24N2O3/c1-3-17-11-13-6-7-14(20-2)15(10-13)21-12-16(19)18-8-4-5-9-18/h6-7,10,17H,3-5,8-9,11-12H2,1-2H3. The molecule has 0 bridgehead atoms. The van der Waals surface area contributed by atoms with E-state index in [4.69, 9.17) is 9.47 Å². The molecule has 0 spiro atoms. The Morgan fingerprint density at radius 1 is 1.29 bits per heavy atom. The number of hydrogen-bond donors (Lipinski definition) is 1. The second-order valence-corrected chi connectivity index (χ2v) is 5.14. The molecule has 1 amide bonds. The molecule has 0 radical (unpaired) electrons. The molecule has 1 aromatic rings. The second-order valence-electron chi connectivity index (χ2n) is 5.14. The summed E-state index contributed by atoms with van der Waals surface area (Å²) in [4.78, 5) is 13.9. The monoisotopic (exact) mass is 292 g/mol. The van der Waals surface area contributed by atoms with Crippen molar-refractivity contribution in [3.05, 3.63) is 23.8 Å². The Labute approximate surface area is 126 Å². The summed E-state index contributed by atoms with van der Waals surface area (Å²) in [6.07, 6.45) is 2.18. The van der Waals surface area contributed by atoms with E-state index in [9.17, 15) is 4.79 Å². The van der Waals surface area contributed by atoms with Crippen LogP contribution in [0.1, 0.15) is 25.3 Å². The molecule has 1 aliphatic heterocycles. The van der Waals surface area contributed by atoms with Gasteiger partial charge in [-0.15, -0.1) is 0 Å². The molecule has 1 N–H and O–H groups in total. The van der Waals surface area contributed by atoms with Gasteiger partial charge in [-0.1, -0.05) is 13.0 Å². The van der Waals surface area contributed by atoms with Gasteiger partial charge in [0.2, 0.25) is 0 Å². The molecule has 0 unspecified atom stereocenters. The van der Waals surface area contributed by atoms with Crippen molar-refractivity contribution in [3.63, 3.8) is 0 Å². The molecule has 1 fully saturated rings. The zero-order valence-electron chi connectivity index (χ0n) is 12.9. The molecule has 1 heterocycles. The van der Waals surface area contributed by atoms with Crippen molar-refractivity contribution in [2.24, 2.45) is 0 Å². The first-order valence-electron chi connectivity index (χ1n) is 7.52. The summed E-state index contributed by atoms with van der Waals surface area (Å²) in [5.74, 6) is 1.33. The number of nitrogens with zero attached hydrogens (tertiary/aromatic N) is 1. The highest BCUT2D eigenvalue weighted by Crippen LogP contribution is 2.28. The molecule has 1 saturated heterocycles. The molecule has 21 heavy (non-hydrogen) atoms. The Hall–Kier alpha value is -1.75. The topological polar surface area (TPSA) is 50.8 Å². The largest absolute Gasteiger partial charge is 0.493 e. The maximum Gasteiger partial charge on any atom is 0.260 e. The van der Waals surface area contributed by atoms with E-state index in [1.165, 1.54) is 0 Å². The van der Waals surface area contributed by atoms with Crippen molar-refractivity contribution in [1.29, 1.82) is 0 Å². The normalized spacial score (nSPS) is 14.3. The predicted octanol–water partition coefficient (Wildman–Crippen LogP) is 1.81. The van der Waals surface area contributed by atoms with E-state index in [-0.39, 0.29) is 12.5 Å². The van der Waals surface area contributed by atoms with Crippen LogP contribution >= 0.6 is 0 Å². The zero-order valence-corrected chi connectivity index (χ0v) is 12.9. The summed E-state index contributed by atoms with van der Waals surface area (Å²) < 4.78 is 11.0. The fourth-order valence-corrected chi connectivity index (χ4v) is 2.41. The van der Waals surface area contributed by atoms with E-state index in [0.717, 1.165) is 44.6 Å². The van der Waals surface area contributed by atoms with Crippen molar-refractivity contribution >= 4 is 5.91 Å². The number of nitrogens with one attached hydrogen (secondary N) is 1. The minimum Gasteiger partial charge on any atom is -0.493 e. The van der Waals surface area contributed by atoms with Crippen LogP contribution in [-0.2, 0) is 11.3 Å². The van der Waals surface area contributed by atoms with Crippen molar-refractivity contribution in [3.8, 4) is 11.5 Å². The lowest BCUT2D eigenvalue weighted by molar-refractivity contribution is -0.132. The maximum absolute atomic E-state index is 12.0. The summed E-state index contributed by atoms with van der Waals surface area (Å²) in [6.45, 7) is 5.52. The number of amides is 1. The minimum absolute atomic E-state index is 0.0478. The lowest BCUT2D eigenvalue weighted by atomic mass is 10.2. The number of carbonyl (C=O) groups is 1. The van der Waals surface area contributed by atoms with E-state index < -0.39 is 0 Å². The van der Waals surface area contributed by atoms with Gasteiger partial charge in [0, 0.05) is 19.6 Å². The van der Waals surface area contributed by atoms with Gasteiger partial charge in [0.15, 0.2) is 18.1 Å². The van der Waals surface area contributed by atoms with Crippen LogP contribution in [0.4, 0.5) is 0 Å². The number of rotatable bonds is 7. The van der Waals surface area contributed by atoms with Crippen molar-refractivity contribution in [2.75, 3.05) is 33.4 Å². The third kappa shape index (κ3) is 4.36. The van der Waals surface area contributed by atoms with Crippen LogP contribution in [0.15, 0.2) is 18.2 Å². The van der Waals surface area contributed by atoms with Gasteiger partial charge in [-0.25, -0.2) is 0 Å². The summed E-state index contributed by atoms with van der Waals surface area (Å²) in [7, 11) is 1.61. The average molecular weight is 292 g/mol. The van der Waals surface area contributed by atoms with Gasteiger partial charge < -0.3 is 19.7 Å². The quantitative estimate of drug-likeness (QED) is 0.832. The Morgan fingerprint density at radius 2 is 2.05 bits per heavy atom. The van der Waals surface area contributed by atoms with Crippen LogP contribution in [0.5, 0.6) is 11.5 Å². The Balaban J connectivity index is 1.97. The van der Waals surface area contributed by atoms with Gasteiger partial charge >= 0.3 is 0 Å². The van der Waals surface area contributed by atoms with Crippen LogP contribution in [-0.4, -0.2) is 44.2 Å². The molecule has 0 atom stereocenters. The molecule has 0 saturated carbocycles. The first kappa shape index (κ1) is 15.6. The molecule has 5 nitrogen and oxygen atoms in total. The van der Waals surface area contributed by atoms with Crippen LogP contribution in [0.3, 0.4) is 0 Å². The van der Waals surface area contributed by atoms with Crippen LogP contribution in [0.2, 0.25) is 0 Å². The highest BCUT2D eigenvalue weighted by Gasteiger charge is 2.18. The molecular weight excluding hydrogens is 268 g/mol. The third-order valence-electron chi connectivity index (χ3n) is 3.62. The average Bonchev–Trinajstić information content (AvgIpc) is 3.05. The highest BCUT2D eigenvalue weighted by atomic mass is 16.5. The fourth-order valence-electron chi connectivity index (χ4n) is 2.41. The summed E-state index contributed by atoms with van der Waals surface area (Å²) >= 11 is 0. The van der Waals surface area contributed by atoms with Crippen molar-refractivity contribution < 1.29 is 14.3 Å². The van der Waals surface area contributed by atoms with Crippen LogP contribution in [0, 0.1) is 0 Å². The number of hydrogen-bond acceptors (Lipinski definition) is 4. The molecule has 1 aliphatic rings. The lowest BCUT2D eigenvalue weighted by Crippen LogP contribution is -2.32. The third-order valence-corrected chi connectivity index (χ3v) is 3.62. The highest BCUT2D eigenvalue weighted by molar-refractivity contribution is 5.78. The van der Waals surface area contributed by atoms with E-state index >= 15 is 0 Å². The Bertz CT molecular complexity index is 471. The summed E-state index contributed by atoms with van der Waals surface area (Å²) in [5, 5.41) is 3.27. The Morgan fingerprint density at radius 3 is 2.71 bits per heavy atom. The van der Waals surface area contributed by atoms with Crippen molar-refractivity contribution in [1.82, 2.24) is 10.2 Å². The van der Waals surface area contributed by atoms with Gasteiger partial charge in [-0.05, 0) is 37.1 Å². The van der Waals surface area contributed by atoms with Gasteiger partial charge in [0.05, 0.1) is 7.11 Å². The van der Waals surface area contributed by atoms with Gasteiger partial charge in [-0.2, -0.15) is 0 Å². The van der Waals surface area contributed by atoms with E-state index in [1.807, 2.05) is 23.1 Å². The smallest absolute Gasteiger partial charge is 0.260 e. The number of likely N-dealkylation sites (tertiary alicyclic amines) is 1. The first-order chi connectivity index (χ1) is 10.2. The van der Waals surface area contributed by atoms with E-state index in [1.54, 1.807) is 7.11 Å². The van der Waals surface area contributed by atoms with E-state index in [0.29, 0.717) is 11.5 Å². The van der Waals surface area contributed by atoms with Crippen molar-refractivity contribution in [2.45, 2.75) is 26.3 Å². The predicted molar refractivity (Wildman–Crippen MR) is 81.7 cm³/mol. The molecule has 5 heteroatoms. The molecule has 0 aliphatic carbocycles. The number of ether oxygens (including phenoxy) is 2. The molecule has 1 aromatic carbocycles.